The van der Waals surface area contributed by atoms with Gasteiger partial charge < -0.3 is 13.6 Å². The molecule has 0 aliphatic carbocycles. The molecule has 0 radical (unpaired) electrons. The molecule has 0 aliphatic heterocycles. The highest BCUT2D eigenvalue weighted by atomic mass is 32.4. The highest BCUT2D eigenvalue weighted by Gasteiger charge is 2.41. The summed E-state index contributed by atoms with van der Waals surface area (Å²) in [5.74, 6) is 0. The van der Waals surface area contributed by atoms with E-state index in [1.807, 2.05) is 178 Å². The Morgan fingerprint density at radius 1 is 0.545 bits per heavy atom. The third-order valence-electron chi connectivity index (χ3n) is 11.9. The Morgan fingerprint density at radius 2 is 0.879 bits per heavy atom. The minimum atomic E-state index is -3.37. The molecule has 0 aliphatic rings. The molecule has 0 bridgehead atoms. The van der Waals surface area contributed by atoms with Crippen LogP contribution >= 0.6 is 20.7 Å². The van der Waals surface area contributed by atoms with E-state index < -0.39 is 26.1 Å². The van der Waals surface area contributed by atoms with Gasteiger partial charge in [0.15, 0.2) is 18.8 Å². The summed E-state index contributed by atoms with van der Waals surface area (Å²) in [7, 11) is -1.01. The predicted octanol–water partition coefficient (Wildman–Crippen LogP) is 13.2. The van der Waals surface area contributed by atoms with Crippen molar-refractivity contribution in [3.8, 4) is 0 Å². The van der Waals surface area contributed by atoms with E-state index in [-0.39, 0.29) is 30.9 Å². The lowest BCUT2D eigenvalue weighted by molar-refractivity contribution is 0.0421. The second kappa shape index (κ2) is 23.3. The molecule has 0 fully saturated rings. The number of benzene rings is 6. The van der Waals surface area contributed by atoms with Crippen LogP contribution in [-0.2, 0) is 37.2 Å². The lowest BCUT2D eigenvalue weighted by atomic mass is 9.88. The van der Waals surface area contributed by atoms with Crippen LogP contribution in [0.15, 0.2) is 127 Å². The fourth-order valence-corrected chi connectivity index (χ4v) is 15.4. The Hall–Kier alpha value is -4.06. The molecule has 6 nitrogen and oxygen atoms in total. The van der Waals surface area contributed by atoms with Crippen molar-refractivity contribution >= 4 is 77.5 Å². The Labute approximate surface area is 404 Å². The molecule has 0 heterocycles. The van der Waals surface area contributed by atoms with E-state index in [1.165, 1.54) is 5.56 Å². The first-order valence-corrected chi connectivity index (χ1v) is 29.2. The molecule has 6 aromatic rings. The molecule has 0 aromatic heterocycles. The van der Waals surface area contributed by atoms with Gasteiger partial charge in [-0.25, -0.2) is 0 Å². The molecular formula is C55H63O6P3S2. The number of aryl methyl sites for hydroxylation is 9. The van der Waals surface area contributed by atoms with E-state index in [0.29, 0.717) is 28.2 Å². The molecule has 3 atom stereocenters. The largest absolute Gasteiger partial charge is 0.354 e. The number of aldehydes is 1. The van der Waals surface area contributed by atoms with Gasteiger partial charge in [-0.3, -0.25) is 14.4 Å². The van der Waals surface area contributed by atoms with Crippen LogP contribution in [0.5, 0.6) is 0 Å². The van der Waals surface area contributed by atoms with Crippen molar-refractivity contribution in [2.75, 3.05) is 26.5 Å². The van der Waals surface area contributed by atoms with Crippen molar-refractivity contribution in [1.29, 1.82) is 0 Å². The molecule has 346 valence electrons. The summed E-state index contributed by atoms with van der Waals surface area (Å²) in [4.78, 5) is 40.2. The van der Waals surface area contributed by atoms with Gasteiger partial charge in [0.2, 0.25) is 11.0 Å². The lowest BCUT2D eigenvalue weighted by Crippen LogP contribution is -2.37. The second-order valence-electron chi connectivity index (χ2n) is 17.4. The first-order chi connectivity index (χ1) is 31.3. The maximum Gasteiger partial charge on any atom is 0.224 e. The van der Waals surface area contributed by atoms with E-state index >= 15 is 0 Å². The van der Waals surface area contributed by atoms with E-state index in [4.69, 9.17) is 37.2 Å². The first-order valence-electron chi connectivity index (χ1n) is 22.1. The molecular weight excluding hydrogens is 914 g/mol. The van der Waals surface area contributed by atoms with Crippen molar-refractivity contribution in [3.05, 3.63) is 194 Å². The second-order valence-corrected chi connectivity index (χ2v) is 26.8. The maximum atomic E-state index is 14.8. The van der Waals surface area contributed by atoms with Crippen molar-refractivity contribution in [1.82, 2.24) is 0 Å². The number of hydrogen-bond acceptors (Lipinski definition) is 8. The molecule has 3 unspecified atom stereocenters. The monoisotopic (exact) mass is 976 g/mol. The molecule has 0 spiro atoms. The Bertz CT molecular complexity index is 2570. The summed E-state index contributed by atoms with van der Waals surface area (Å²) in [5.41, 5.74) is 9.81. The number of carbonyl (C=O) groups is 3. The SMILES string of the molecule is CCC(COP(C)c1ccccc1)(COP(=S)(C(=O)c1c(C)cc(C)cc1C)c1ccccc1)COP(=S)(C(=O)c1c(C)cc(C)cc1C)c1ccccc1.Cc1cc(C)c(C=O)c(C)c1. The molecule has 6 rings (SSSR count). The van der Waals surface area contributed by atoms with Crippen LogP contribution in [0, 0.1) is 67.7 Å². The molecule has 0 saturated heterocycles. The summed E-state index contributed by atoms with van der Waals surface area (Å²) in [6, 6.07) is 41.2. The summed E-state index contributed by atoms with van der Waals surface area (Å²) < 4.78 is 20.6. The Balaban J connectivity index is 0.000000649. The molecule has 6 aromatic carbocycles. The van der Waals surface area contributed by atoms with Crippen molar-refractivity contribution in [2.24, 2.45) is 5.41 Å². The van der Waals surface area contributed by atoms with Gasteiger partial charge in [-0.05, 0) is 109 Å². The van der Waals surface area contributed by atoms with Gasteiger partial charge in [0.05, 0.1) is 28.0 Å². The van der Waals surface area contributed by atoms with Crippen LogP contribution in [-0.4, -0.2) is 43.8 Å². The van der Waals surface area contributed by atoms with E-state index in [9.17, 15) is 14.4 Å². The van der Waals surface area contributed by atoms with Crippen LogP contribution < -0.4 is 15.9 Å². The number of rotatable bonds is 18. The van der Waals surface area contributed by atoms with Crippen LogP contribution in [0.25, 0.3) is 0 Å². The van der Waals surface area contributed by atoms with E-state index in [2.05, 4.69) is 25.7 Å². The first kappa shape index (κ1) is 52.9. The zero-order valence-electron chi connectivity index (χ0n) is 40.1. The van der Waals surface area contributed by atoms with Crippen LogP contribution in [0.2, 0.25) is 0 Å². The fraction of sp³-hybridized carbons (Fsp3) is 0.291. The average Bonchev–Trinajstić information content (AvgIpc) is 3.28. The van der Waals surface area contributed by atoms with Crippen LogP contribution in [0.1, 0.15) is 94.5 Å². The molecule has 0 amide bonds. The highest BCUT2D eigenvalue weighted by molar-refractivity contribution is 8.24. The molecule has 0 saturated carbocycles. The van der Waals surface area contributed by atoms with Gasteiger partial charge in [0, 0.05) is 38.0 Å². The normalized spacial score (nSPS) is 14.4. The third kappa shape index (κ3) is 12.5. The molecule has 11 heteroatoms. The van der Waals surface area contributed by atoms with Crippen molar-refractivity contribution in [3.63, 3.8) is 0 Å². The number of carbonyl (C=O) groups excluding carboxylic acids is 3. The maximum absolute atomic E-state index is 14.8. The quantitative estimate of drug-likeness (QED) is 0.0623. The molecule has 66 heavy (non-hydrogen) atoms. The van der Waals surface area contributed by atoms with Crippen LogP contribution in [0.3, 0.4) is 0 Å². The van der Waals surface area contributed by atoms with Gasteiger partial charge in [-0.15, -0.1) is 0 Å². The minimum Gasteiger partial charge on any atom is -0.354 e. The van der Waals surface area contributed by atoms with Gasteiger partial charge in [0.25, 0.3) is 0 Å². The van der Waals surface area contributed by atoms with E-state index in [1.54, 1.807) is 0 Å². The zero-order chi connectivity index (χ0) is 48.4. The summed E-state index contributed by atoms with van der Waals surface area (Å²) in [6.07, 6.45) is -5.27. The Morgan fingerprint density at radius 3 is 1.21 bits per heavy atom. The van der Waals surface area contributed by atoms with Gasteiger partial charge >= 0.3 is 0 Å². The summed E-state index contributed by atoms with van der Waals surface area (Å²) >= 11 is 12.9. The van der Waals surface area contributed by atoms with E-state index in [0.717, 1.165) is 61.7 Å². The van der Waals surface area contributed by atoms with Gasteiger partial charge in [0.1, 0.15) is 0 Å². The van der Waals surface area contributed by atoms with Crippen molar-refractivity contribution in [2.45, 2.75) is 75.7 Å². The highest BCUT2D eigenvalue weighted by Crippen LogP contribution is 2.55. The fourth-order valence-electron chi connectivity index (χ4n) is 8.29. The summed E-state index contributed by atoms with van der Waals surface area (Å²) in [5, 5.41) is 2.45. The lowest BCUT2D eigenvalue weighted by Gasteiger charge is -2.37. The van der Waals surface area contributed by atoms with Gasteiger partial charge in [-0.1, -0.05) is 175 Å². The Kier molecular flexibility index (Phi) is 18.7. The standard InChI is InChI=1S/C45H51O5P3S2.C10H12O/c1-9-45(29-48-51(8)38-19-13-10-14-20-38,30-49-52(54,39-21-15-11-16-22-39)43(46)41-34(4)25-32(2)26-35(41)5)31-50-53(55,40-23-17-12-18-24-40)44(47)42-36(6)27-33(3)28-37(42)7;1-7-4-8(2)10(6-11)9(3)5-7/h10-28H,9,29-31H2,1-8H3;4-6H,1-3H3. The third-order valence-corrected chi connectivity index (χ3v) is 20.8. The number of hydrogen-bond donors (Lipinski definition) is 0. The zero-order valence-corrected chi connectivity index (χ0v) is 44.5. The predicted molar refractivity (Wildman–Crippen MR) is 286 cm³/mol. The minimum absolute atomic E-state index is 0.0598. The van der Waals surface area contributed by atoms with Crippen molar-refractivity contribution < 1.29 is 28.0 Å². The van der Waals surface area contributed by atoms with Crippen LogP contribution in [0.4, 0.5) is 0 Å². The van der Waals surface area contributed by atoms with Gasteiger partial charge in [-0.2, -0.15) is 0 Å². The topological polar surface area (TPSA) is 78.9 Å². The smallest absolute Gasteiger partial charge is 0.224 e. The molecule has 0 N–H and O–H groups in total. The summed E-state index contributed by atoms with van der Waals surface area (Å²) in [6.45, 7) is 22.3. The average molecular weight is 977 g/mol.